The van der Waals surface area contributed by atoms with Gasteiger partial charge in [0.25, 0.3) is 0 Å². The van der Waals surface area contributed by atoms with Crippen molar-refractivity contribution < 1.29 is 9.84 Å². The van der Waals surface area contributed by atoms with Crippen molar-refractivity contribution in [2.24, 2.45) is 7.05 Å². The van der Waals surface area contributed by atoms with Crippen LogP contribution in [0.15, 0.2) is 24.5 Å². The Morgan fingerprint density at radius 1 is 1.44 bits per heavy atom. The minimum absolute atomic E-state index is 0.333. The summed E-state index contributed by atoms with van der Waals surface area (Å²) in [5, 5.41) is 17.4. The van der Waals surface area contributed by atoms with E-state index in [1.165, 1.54) is 0 Å². The fourth-order valence-corrected chi connectivity index (χ4v) is 1.69. The summed E-state index contributed by atoms with van der Waals surface area (Å²) in [5.74, 6) is 1.43. The van der Waals surface area contributed by atoms with Gasteiger partial charge in [-0.1, -0.05) is 12.1 Å². The highest BCUT2D eigenvalue weighted by atomic mass is 16.5. The Balaban J connectivity index is 2.18. The summed E-state index contributed by atoms with van der Waals surface area (Å²) in [6, 6.07) is 5.75. The molecule has 0 aliphatic heterocycles. The second-order valence-corrected chi connectivity index (χ2v) is 4.36. The highest BCUT2D eigenvalue weighted by molar-refractivity contribution is 5.38. The van der Waals surface area contributed by atoms with Crippen molar-refractivity contribution in [3.8, 4) is 5.75 Å². The molecule has 0 aliphatic carbocycles. The first kappa shape index (κ1) is 12.6. The second-order valence-electron chi connectivity index (χ2n) is 4.36. The molecular formula is C13H17N3O2. The van der Waals surface area contributed by atoms with Crippen molar-refractivity contribution >= 4 is 0 Å². The molecule has 1 atom stereocenters. The van der Waals surface area contributed by atoms with Crippen LogP contribution in [0, 0.1) is 6.92 Å². The zero-order valence-electron chi connectivity index (χ0n) is 10.8. The Morgan fingerprint density at radius 3 is 2.83 bits per heavy atom. The summed E-state index contributed by atoms with van der Waals surface area (Å²) in [5.41, 5.74) is 1.87. The van der Waals surface area contributed by atoms with Gasteiger partial charge in [0.1, 0.15) is 18.7 Å². The van der Waals surface area contributed by atoms with E-state index in [2.05, 4.69) is 10.2 Å². The highest BCUT2D eigenvalue weighted by Gasteiger charge is 2.10. The quantitative estimate of drug-likeness (QED) is 0.894. The van der Waals surface area contributed by atoms with Crippen LogP contribution in [0.4, 0.5) is 0 Å². The van der Waals surface area contributed by atoms with E-state index in [9.17, 15) is 5.11 Å². The molecule has 0 fully saturated rings. The molecule has 2 rings (SSSR count). The average Bonchev–Trinajstić information content (AvgIpc) is 2.72. The number of aromatic nitrogens is 3. The summed E-state index contributed by atoms with van der Waals surface area (Å²) < 4.78 is 7.52. The maximum atomic E-state index is 9.69. The summed E-state index contributed by atoms with van der Waals surface area (Å²) in [4.78, 5) is 0. The molecule has 1 aromatic heterocycles. The molecule has 0 bridgehead atoms. The molecule has 0 aliphatic rings. The molecule has 2 aromatic rings. The van der Waals surface area contributed by atoms with Crippen LogP contribution in [0.2, 0.25) is 0 Å². The molecule has 0 spiro atoms. The summed E-state index contributed by atoms with van der Waals surface area (Å²) >= 11 is 0. The highest BCUT2D eigenvalue weighted by Crippen LogP contribution is 2.26. The topological polar surface area (TPSA) is 60.2 Å². The number of aryl methyl sites for hydroxylation is 2. The fraction of sp³-hybridized carbons (Fsp3) is 0.385. The van der Waals surface area contributed by atoms with Crippen LogP contribution >= 0.6 is 0 Å². The van der Waals surface area contributed by atoms with Crippen molar-refractivity contribution in [3.63, 3.8) is 0 Å². The van der Waals surface area contributed by atoms with E-state index >= 15 is 0 Å². The molecule has 1 unspecified atom stereocenters. The Kier molecular flexibility index (Phi) is 3.62. The number of hydrogen-bond donors (Lipinski definition) is 1. The molecule has 1 N–H and O–H groups in total. The van der Waals surface area contributed by atoms with Crippen LogP contribution in [0.3, 0.4) is 0 Å². The monoisotopic (exact) mass is 247 g/mol. The number of benzene rings is 1. The van der Waals surface area contributed by atoms with Crippen LogP contribution in [-0.2, 0) is 13.7 Å². The molecular weight excluding hydrogens is 230 g/mol. The maximum Gasteiger partial charge on any atom is 0.170 e. The Hall–Kier alpha value is -1.88. The molecule has 1 heterocycles. The van der Waals surface area contributed by atoms with Crippen LogP contribution in [0.5, 0.6) is 5.75 Å². The normalized spacial score (nSPS) is 12.4. The summed E-state index contributed by atoms with van der Waals surface area (Å²) in [6.07, 6.45) is 1.07. The third kappa shape index (κ3) is 2.68. The maximum absolute atomic E-state index is 9.69. The van der Waals surface area contributed by atoms with Gasteiger partial charge in [0.15, 0.2) is 5.82 Å². The molecule has 0 amide bonds. The van der Waals surface area contributed by atoms with Crippen molar-refractivity contribution in [2.75, 3.05) is 0 Å². The van der Waals surface area contributed by atoms with E-state index in [0.717, 1.165) is 17.0 Å². The van der Waals surface area contributed by atoms with Gasteiger partial charge in [-0.15, -0.1) is 10.2 Å². The van der Waals surface area contributed by atoms with E-state index in [4.69, 9.17) is 4.74 Å². The van der Waals surface area contributed by atoms with Gasteiger partial charge in [0, 0.05) is 12.6 Å². The number of ether oxygens (including phenoxy) is 1. The lowest BCUT2D eigenvalue weighted by Crippen LogP contribution is -2.05. The zero-order chi connectivity index (χ0) is 13.1. The van der Waals surface area contributed by atoms with Gasteiger partial charge in [-0.3, -0.25) is 0 Å². The first-order chi connectivity index (χ1) is 8.58. The number of rotatable bonds is 4. The van der Waals surface area contributed by atoms with Gasteiger partial charge < -0.3 is 14.4 Å². The molecule has 18 heavy (non-hydrogen) atoms. The molecule has 0 radical (unpaired) electrons. The second kappa shape index (κ2) is 5.18. The van der Waals surface area contributed by atoms with Crippen molar-refractivity contribution in [2.45, 2.75) is 26.6 Å². The molecule has 5 nitrogen and oxygen atoms in total. The van der Waals surface area contributed by atoms with Gasteiger partial charge in [-0.25, -0.2) is 0 Å². The van der Waals surface area contributed by atoms with Gasteiger partial charge >= 0.3 is 0 Å². The van der Waals surface area contributed by atoms with E-state index in [-0.39, 0.29) is 0 Å². The van der Waals surface area contributed by atoms with E-state index in [0.29, 0.717) is 12.4 Å². The predicted octanol–water partition coefficient (Wildman–Crippen LogP) is 1.76. The Labute approximate surface area is 106 Å². The van der Waals surface area contributed by atoms with Gasteiger partial charge in [0.2, 0.25) is 0 Å². The molecule has 0 saturated heterocycles. The summed E-state index contributed by atoms with van der Waals surface area (Å²) in [7, 11) is 1.87. The first-order valence-electron chi connectivity index (χ1n) is 5.82. The largest absolute Gasteiger partial charge is 0.485 e. The zero-order valence-corrected chi connectivity index (χ0v) is 10.8. The standard InChI is InChI=1S/C13H17N3O2/c1-9-4-5-11(10(2)17)12(6-9)18-7-13-15-14-8-16(13)3/h4-6,8,10,17H,7H2,1-3H3. The molecule has 1 aromatic carbocycles. The third-order valence-corrected chi connectivity index (χ3v) is 2.78. The SMILES string of the molecule is Cc1ccc(C(C)O)c(OCc2nncn2C)c1. The molecule has 96 valence electrons. The molecule has 5 heteroatoms. The van der Waals surface area contributed by atoms with Crippen LogP contribution in [-0.4, -0.2) is 19.9 Å². The Morgan fingerprint density at radius 2 is 2.22 bits per heavy atom. The first-order valence-corrected chi connectivity index (χ1v) is 5.82. The number of nitrogens with zero attached hydrogens (tertiary/aromatic N) is 3. The van der Waals surface area contributed by atoms with E-state index in [1.54, 1.807) is 17.8 Å². The van der Waals surface area contributed by atoms with Crippen molar-refractivity contribution in [1.82, 2.24) is 14.8 Å². The van der Waals surface area contributed by atoms with E-state index in [1.807, 2.05) is 32.2 Å². The Bertz CT molecular complexity index is 535. The van der Waals surface area contributed by atoms with E-state index < -0.39 is 6.10 Å². The van der Waals surface area contributed by atoms with Gasteiger partial charge in [-0.2, -0.15) is 0 Å². The number of aliphatic hydroxyl groups excluding tert-OH is 1. The van der Waals surface area contributed by atoms with Crippen molar-refractivity contribution in [3.05, 3.63) is 41.5 Å². The average molecular weight is 247 g/mol. The summed E-state index contributed by atoms with van der Waals surface area (Å²) in [6.45, 7) is 4.04. The van der Waals surface area contributed by atoms with Crippen LogP contribution in [0.1, 0.15) is 30.0 Å². The number of aliphatic hydroxyl groups is 1. The lowest BCUT2D eigenvalue weighted by atomic mass is 10.1. The minimum atomic E-state index is -0.555. The fourth-order valence-electron chi connectivity index (χ4n) is 1.69. The molecule has 0 saturated carbocycles. The lowest BCUT2D eigenvalue weighted by molar-refractivity contribution is 0.189. The van der Waals surface area contributed by atoms with Crippen LogP contribution < -0.4 is 4.74 Å². The van der Waals surface area contributed by atoms with Crippen LogP contribution in [0.25, 0.3) is 0 Å². The third-order valence-electron chi connectivity index (χ3n) is 2.78. The lowest BCUT2D eigenvalue weighted by Gasteiger charge is -2.13. The predicted molar refractivity (Wildman–Crippen MR) is 67.1 cm³/mol. The van der Waals surface area contributed by atoms with Crippen molar-refractivity contribution in [1.29, 1.82) is 0 Å². The van der Waals surface area contributed by atoms with Gasteiger partial charge in [0.05, 0.1) is 6.10 Å². The minimum Gasteiger partial charge on any atom is -0.485 e. The number of hydrogen-bond acceptors (Lipinski definition) is 4. The van der Waals surface area contributed by atoms with Gasteiger partial charge in [-0.05, 0) is 25.5 Å². The smallest absolute Gasteiger partial charge is 0.170 e.